The maximum Gasteiger partial charge on any atom is 0.186 e. The highest BCUT2D eigenvalue weighted by atomic mass is 79.9. The summed E-state index contributed by atoms with van der Waals surface area (Å²) in [6.45, 7) is 1.56. The van der Waals surface area contributed by atoms with Gasteiger partial charge in [-0.15, -0.1) is 0 Å². The van der Waals surface area contributed by atoms with Crippen LogP contribution in [0.2, 0.25) is 0 Å². The number of nitrogens with two attached hydrogens (primary N) is 1. The van der Waals surface area contributed by atoms with Gasteiger partial charge in [0.1, 0.15) is 0 Å². The standard InChI is InChI=1S/C11H11Br2NOS/c1-7(15)16-4-2-3-8-5-9(12)6-10(13)11(8)14/h2-3,5-6H,4,14H2,1H3. The summed E-state index contributed by atoms with van der Waals surface area (Å²) in [6, 6.07) is 3.84. The second kappa shape index (κ2) is 6.47. The Balaban J connectivity index is 2.77. The molecule has 0 heterocycles. The number of benzene rings is 1. The molecule has 1 aromatic carbocycles. The van der Waals surface area contributed by atoms with Crippen LogP contribution in [0.15, 0.2) is 27.2 Å². The molecular weight excluding hydrogens is 354 g/mol. The topological polar surface area (TPSA) is 43.1 Å². The monoisotopic (exact) mass is 363 g/mol. The van der Waals surface area contributed by atoms with Gasteiger partial charge in [0.2, 0.25) is 0 Å². The molecule has 1 aromatic rings. The highest BCUT2D eigenvalue weighted by molar-refractivity contribution is 9.11. The third kappa shape index (κ3) is 4.31. The van der Waals surface area contributed by atoms with E-state index in [1.54, 1.807) is 6.92 Å². The van der Waals surface area contributed by atoms with E-state index in [-0.39, 0.29) is 5.12 Å². The van der Waals surface area contributed by atoms with Crippen molar-refractivity contribution >= 4 is 60.5 Å². The minimum Gasteiger partial charge on any atom is -0.397 e. The molecule has 0 aliphatic rings. The van der Waals surface area contributed by atoms with Gasteiger partial charge in [-0.3, -0.25) is 4.79 Å². The number of carbonyl (C=O) groups is 1. The van der Waals surface area contributed by atoms with Crippen molar-refractivity contribution < 1.29 is 4.79 Å². The number of thioether (sulfide) groups is 1. The van der Waals surface area contributed by atoms with Crippen molar-refractivity contribution in [2.45, 2.75) is 6.92 Å². The molecule has 1 rings (SSSR count). The SMILES string of the molecule is CC(=O)SCC=Cc1cc(Br)cc(Br)c1N. The fourth-order valence-corrected chi connectivity index (χ4v) is 2.77. The highest BCUT2D eigenvalue weighted by Gasteiger charge is 2.02. The van der Waals surface area contributed by atoms with Gasteiger partial charge >= 0.3 is 0 Å². The summed E-state index contributed by atoms with van der Waals surface area (Å²) in [4.78, 5) is 10.7. The van der Waals surface area contributed by atoms with Crippen molar-refractivity contribution in [3.63, 3.8) is 0 Å². The van der Waals surface area contributed by atoms with Gasteiger partial charge in [-0.2, -0.15) is 0 Å². The maximum atomic E-state index is 10.7. The summed E-state index contributed by atoms with van der Waals surface area (Å²) in [5.74, 6) is 0.666. The summed E-state index contributed by atoms with van der Waals surface area (Å²) in [6.07, 6.45) is 3.84. The van der Waals surface area contributed by atoms with E-state index in [1.165, 1.54) is 11.8 Å². The van der Waals surface area contributed by atoms with Crippen LogP contribution in [0.3, 0.4) is 0 Å². The normalized spacial score (nSPS) is 10.9. The van der Waals surface area contributed by atoms with Crippen molar-refractivity contribution in [2.24, 2.45) is 0 Å². The van der Waals surface area contributed by atoms with E-state index in [0.29, 0.717) is 11.4 Å². The molecule has 2 N–H and O–H groups in total. The largest absolute Gasteiger partial charge is 0.397 e. The average molecular weight is 365 g/mol. The van der Waals surface area contributed by atoms with Crippen LogP contribution in [0.4, 0.5) is 5.69 Å². The lowest BCUT2D eigenvalue weighted by Gasteiger charge is -2.04. The van der Waals surface area contributed by atoms with Crippen molar-refractivity contribution in [3.8, 4) is 0 Å². The minimum absolute atomic E-state index is 0.119. The van der Waals surface area contributed by atoms with Crippen molar-refractivity contribution in [2.75, 3.05) is 11.5 Å². The number of anilines is 1. The van der Waals surface area contributed by atoms with Crippen LogP contribution in [-0.2, 0) is 4.79 Å². The number of nitrogen functional groups attached to an aromatic ring is 1. The highest BCUT2D eigenvalue weighted by Crippen LogP contribution is 2.29. The van der Waals surface area contributed by atoms with E-state index in [9.17, 15) is 4.79 Å². The molecule has 0 fully saturated rings. The molecule has 2 nitrogen and oxygen atoms in total. The Bertz CT molecular complexity index is 432. The molecule has 0 aliphatic heterocycles. The van der Waals surface area contributed by atoms with Gasteiger partial charge in [0.05, 0.1) is 5.69 Å². The Morgan fingerprint density at radius 1 is 1.50 bits per heavy atom. The predicted octanol–water partition coefficient (Wildman–Crippen LogP) is 4.09. The molecule has 16 heavy (non-hydrogen) atoms. The second-order valence-electron chi connectivity index (χ2n) is 3.10. The Morgan fingerprint density at radius 2 is 2.19 bits per heavy atom. The third-order valence-corrected chi connectivity index (χ3v) is 3.69. The molecule has 0 saturated carbocycles. The Labute approximate surface area is 116 Å². The van der Waals surface area contributed by atoms with Gasteiger partial charge in [-0.05, 0) is 33.6 Å². The number of hydrogen-bond acceptors (Lipinski definition) is 3. The summed E-state index contributed by atoms with van der Waals surface area (Å²) in [7, 11) is 0. The van der Waals surface area contributed by atoms with Gasteiger partial charge in [-0.25, -0.2) is 0 Å². The number of rotatable bonds is 3. The van der Waals surface area contributed by atoms with Crippen LogP contribution >= 0.6 is 43.6 Å². The summed E-state index contributed by atoms with van der Waals surface area (Å²) >= 11 is 8.06. The minimum atomic E-state index is 0.119. The van der Waals surface area contributed by atoms with Crippen LogP contribution in [0.1, 0.15) is 12.5 Å². The lowest BCUT2D eigenvalue weighted by molar-refractivity contribution is -0.109. The van der Waals surface area contributed by atoms with Crippen molar-refractivity contribution in [3.05, 3.63) is 32.7 Å². The van der Waals surface area contributed by atoms with Gasteiger partial charge in [0.15, 0.2) is 5.12 Å². The summed E-state index contributed by atoms with van der Waals surface area (Å²) < 4.78 is 1.83. The van der Waals surface area contributed by atoms with Crippen LogP contribution < -0.4 is 5.73 Å². The van der Waals surface area contributed by atoms with Gasteiger partial charge in [0.25, 0.3) is 0 Å². The molecule has 0 saturated heterocycles. The first-order valence-electron chi connectivity index (χ1n) is 4.55. The lowest BCUT2D eigenvalue weighted by Crippen LogP contribution is -1.91. The average Bonchev–Trinajstić information content (AvgIpc) is 2.19. The molecule has 0 spiro atoms. The smallest absolute Gasteiger partial charge is 0.186 e. The predicted molar refractivity (Wildman–Crippen MR) is 78.4 cm³/mol. The van der Waals surface area contributed by atoms with Crippen LogP contribution in [-0.4, -0.2) is 10.9 Å². The van der Waals surface area contributed by atoms with Crippen LogP contribution in [0, 0.1) is 0 Å². The molecule has 0 atom stereocenters. The zero-order valence-corrected chi connectivity index (χ0v) is 12.7. The summed E-state index contributed by atoms with van der Waals surface area (Å²) in [5.41, 5.74) is 7.54. The fraction of sp³-hybridized carbons (Fsp3) is 0.182. The maximum absolute atomic E-state index is 10.7. The number of hydrogen-bond donors (Lipinski definition) is 1. The molecule has 0 bridgehead atoms. The van der Waals surface area contributed by atoms with Crippen molar-refractivity contribution in [1.29, 1.82) is 0 Å². The second-order valence-corrected chi connectivity index (χ2v) is 6.06. The van der Waals surface area contributed by atoms with Crippen molar-refractivity contribution in [1.82, 2.24) is 0 Å². The third-order valence-electron chi connectivity index (χ3n) is 1.81. The van der Waals surface area contributed by atoms with Crippen LogP contribution in [0.5, 0.6) is 0 Å². The molecule has 86 valence electrons. The molecule has 0 unspecified atom stereocenters. The van der Waals surface area contributed by atoms with E-state index in [1.807, 2.05) is 24.3 Å². The van der Waals surface area contributed by atoms with E-state index in [2.05, 4.69) is 31.9 Å². The van der Waals surface area contributed by atoms with E-state index in [0.717, 1.165) is 14.5 Å². The van der Waals surface area contributed by atoms with Gasteiger partial charge in [-0.1, -0.05) is 39.8 Å². The number of halogens is 2. The summed E-state index contributed by atoms with van der Waals surface area (Å²) in [5, 5.41) is 0.119. The van der Waals surface area contributed by atoms with E-state index in [4.69, 9.17) is 5.73 Å². The molecule has 0 aromatic heterocycles. The molecule has 0 radical (unpaired) electrons. The zero-order chi connectivity index (χ0) is 12.1. The zero-order valence-electron chi connectivity index (χ0n) is 8.67. The molecule has 5 heteroatoms. The molecular formula is C11H11Br2NOS. The fourth-order valence-electron chi connectivity index (χ4n) is 1.08. The molecule has 0 aliphatic carbocycles. The van der Waals surface area contributed by atoms with E-state index >= 15 is 0 Å². The Morgan fingerprint density at radius 3 is 2.81 bits per heavy atom. The molecule has 0 amide bonds. The Kier molecular flexibility index (Phi) is 5.58. The van der Waals surface area contributed by atoms with E-state index < -0.39 is 0 Å². The quantitative estimate of drug-likeness (QED) is 0.821. The Hall–Kier alpha value is -0.260. The first-order chi connectivity index (χ1) is 7.50. The lowest BCUT2D eigenvalue weighted by atomic mass is 10.2. The van der Waals surface area contributed by atoms with Gasteiger partial charge in [0, 0.05) is 21.6 Å². The van der Waals surface area contributed by atoms with Crippen LogP contribution in [0.25, 0.3) is 6.08 Å². The number of carbonyl (C=O) groups excluding carboxylic acids is 1. The first kappa shape index (κ1) is 13.8. The van der Waals surface area contributed by atoms with Gasteiger partial charge < -0.3 is 5.73 Å². The first-order valence-corrected chi connectivity index (χ1v) is 7.12.